The molecule has 4 rings (SSSR count). The van der Waals surface area contributed by atoms with E-state index in [1.807, 2.05) is 31.3 Å². The summed E-state index contributed by atoms with van der Waals surface area (Å²) in [5.74, 6) is 1.13. The number of fused-ring (bicyclic) bond motifs is 1. The third kappa shape index (κ3) is 3.82. The van der Waals surface area contributed by atoms with Crippen LogP contribution in [0.15, 0.2) is 59.4 Å². The number of pyridine rings is 1. The number of aryl methyl sites for hydroxylation is 1. The first kappa shape index (κ1) is 16.8. The number of nitrogens with zero attached hydrogens (tertiary/aromatic N) is 2. The largest absolute Gasteiger partial charge is 0.361 e. The van der Waals surface area contributed by atoms with Gasteiger partial charge in [0, 0.05) is 29.7 Å². The van der Waals surface area contributed by atoms with E-state index < -0.39 is 0 Å². The summed E-state index contributed by atoms with van der Waals surface area (Å²) >= 11 is 0. The van der Waals surface area contributed by atoms with Crippen LogP contribution in [-0.2, 0) is 6.42 Å². The van der Waals surface area contributed by atoms with Crippen molar-refractivity contribution in [1.82, 2.24) is 20.4 Å². The Bertz CT molecular complexity index is 1070. The van der Waals surface area contributed by atoms with Crippen molar-refractivity contribution in [2.24, 2.45) is 0 Å². The quantitative estimate of drug-likeness (QED) is 0.488. The number of anilines is 2. The third-order valence-electron chi connectivity index (χ3n) is 4.25. The highest BCUT2D eigenvalue weighted by Gasteiger charge is 2.09. The fraction of sp³-hybridized carbons (Fsp3) is 0.150. The molecule has 1 aromatic carbocycles. The minimum Gasteiger partial charge on any atom is -0.361 e. The van der Waals surface area contributed by atoms with Crippen molar-refractivity contribution < 1.29 is 9.32 Å². The fourth-order valence-corrected chi connectivity index (χ4v) is 2.92. The molecule has 136 valence electrons. The van der Waals surface area contributed by atoms with Crippen LogP contribution in [-0.4, -0.2) is 27.6 Å². The summed E-state index contributed by atoms with van der Waals surface area (Å²) in [6.45, 7) is 2.36. The van der Waals surface area contributed by atoms with Crippen LogP contribution in [0.2, 0.25) is 0 Å². The van der Waals surface area contributed by atoms with E-state index in [1.54, 1.807) is 24.4 Å². The molecule has 0 aliphatic carbocycles. The molecule has 0 radical (unpaired) electrons. The first-order valence-corrected chi connectivity index (χ1v) is 8.68. The molecule has 3 aromatic heterocycles. The van der Waals surface area contributed by atoms with Crippen molar-refractivity contribution in [1.29, 1.82) is 0 Å². The number of H-pyrrole nitrogens is 1. The van der Waals surface area contributed by atoms with Crippen LogP contribution >= 0.6 is 0 Å². The maximum absolute atomic E-state index is 12.3. The monoisotopic (exact) mass is 361 g/mol. The number of nitrogens with one attached hydrogen (secondary N) is 3. The van der Waals surface area contributed by atoms with E-state index in [0.717, 1.165) is 23.4 Å². The normalized spacial score (nSPS) is 10.9. The number of para-hydroxylation sites is 1. The summed E-state index contributed by atoms with van der Waals surface area (Å²) in [7, 11) is 0. The maximum atomic E-state index is 12.3. The highest BCUT2D eigenvalue weighted by atomic mass is 16.5. The average Bonchev–Trinajstić information content (AvgIpc) is 3.28. The standard InChI is InChI=1S/C20H19N5O2/c1-13-10-19(25-27-13)24-15-6-7-18(23-12-15)20(26)21-9-8-14-11-22-17-5-3-2-4-16(14)17/h2-7,10-12,22H,8-9H2,1H3,(H,21,26)(H,24,25). The first-order chi connectivity index (χ1) is 13.2. The molecule has 4 aromatic rings. The van der Waals surface area contributed by atoms with Gasteiger partial charge in [-0.15, -0.1) is 0 Å². The number of rotatable bonds is 6. The average molecular weight is 361 g/mol. The van der Waals surface area contributed by atoms with Crippen LogP contribution in [0, 0.1) is 6.92 Å². The number of hydrogen-bond acceptors (Lipinski definition) is 5. The molecule has 27 heavy (non-hydrogen) atoms. The van der Waals surface area contributed by atoms with E-state index in [4.69, 9.17) is 4.52 Å². The zero-order chi connectivity index (χ0) is 18.6. The van der Waals surface area contributed by atoms with Crippen LogP contribution in [0.25, 0.3) is 10.9 Å². The molecule has 0 unspecified atom stereocenters. The second kappa shape index (κ2) is 7.33. The molecule has 0 saturated carbocycles. The van der Waals surface area contributed by atoms with Gasteiger partial charge in [0.25, 0.3) is 5.91 Å². The molecule has 1 amide bonds. The number of hydrogen-bond donors (Lipinski definition) is 3. The predicted octanol–water partition coefficient (Wildman–Crippen LogP) is 3.58. The van der Waals surface area contributed by atoms with E-state index in [-0.39, 0.29) is 5.91 Å². The molecule has 3 heterocycles. The SMILES string of the molecule is Cc1cc(Nc2ccc(C(=O)NCCc3c[nH]c4ccccc34)nc2)no1. The summed E-state index contributed by atoms with van der Waals surface area (Å²) < 4.78 is 5.00. The van der Waals surface area contributed by atoms with Crippen molar-refractivity contribution in [2.75, 3.05) is 11.9 Å². The molecule has 0 aliphatic heterocycles. The summed E-state index contributed by atoms with van der Waals surface area (Å²) in [5.41, 5.74) is 3.39. The second-order valence-corrected chi connectivity index (χ2v) is 6.25. The van der Waals surface area contributed by atoms with E-state index >= 15 is 0 Å². The van der Waals surface area contributed by atoms with E-state index in [9.17, 15) is 4.79 Å². The van der Waals surface area contributed by atoms with E-state index in [1.165, 1.54) is 10.9 Å². The maximum Gasteiger partial charge on any atom is 0.269 e. The number of carbonyl (C=O) groups is 1. The highest BCUT2D eigenvalue weighted by Crippen LogP contribution is 2.18. The Balaban J connectivity index is 1.33. The number of aromatic amines is 1. The van der Waals surface area contributed by atoms with Gasteiger partial charge < -0.3 is 20.1 Å². The van der Waals surface area contributed by atoms with Gasteiger partial charge in [0.1, 0.15) is 11.5 Å². The van der Waals surface area contributed by atoms with Crippen LogP contribution in [0.4, 0.5) is 11.5 Å². The third-order valence-corrected chi connectivity index (χ3v) is 4.25. The van der Waals surface area contributed by atoms with Gasteiger partial charge in [0.2, 0.25) is 0 Å². The van der Waals surface area contributed by atoms with Gasteiger partial charge in [-0.3, -0.25) is 4.79 Å². The molecule has 0 saturated heterocycles. The molecule has 3 N–H and O–H groups in total. The minimum atomic E-state index is -0.196. The van der Waals surface area contributed by atoms with Crippen LogP contribution in [0.1, 0.15) is 21.8 Å². The van der Waals surface area contributed by atoms with E-state index in [2.05, 4.69) is 31.8 Å². The lowest BCUT2D eigenvalue weighted by molar-refractivity contribution is 0.0949. The lowest BCUT2D eigenvalue weighted by atomic mass is 10.1. The lowest BCUT2D eigenvalue weighted by Gasteiger charge is -2.06. The molecule has 0 bridgehead atoms. The first-order valence-electron chi connectivity index (χ1n) is 8.68. The van der Waals surface area contributed by atoms with Crippen molar-refractivity contribution in [3.8, 4) is 0 Å². The lowest BCUT2D eigenvalue weighted by Crippen LogP contribution is -2.26. The Labute approximate surface area is 155 Å². The Morgan fingerprint density at radius 1 is 1.22 bits per heavy atom. The molecule has 7 nitrogen and oxygen atoms in total. The van der Waals surface area contributed by atoms with Crippen molar-refractivity contribution in [2.45, 2.75) is 13.3 Å². The fourth-order valence-electron chi connectivity index (χ4n) is 2.92. The van der Waals surface area contributed by atoms with Gasteiger partial charge in [0.05, 0.1) is 11.9 Å². The van der Waals surface area contributed by atoms with Gasteiger partial charge in [-0.25, -0.2) is 4.98 Å². The second-order valence-electron chi connectivity index (χ2n) is 6.25. The predicted molar refractivity (Wildman–Crippen MR) is 103 cm³/mol. The Kier molecular flexibility index (Phi) is 4.57. The zero-order valence-electron chi connectivity index (χ0n) is 14.8. The number of aromatic nitrogens is 3. The molecule has 0 atom stereocenters. The summed E-state index contributed by atoms with van der Waals surface area (Å²) in [5, 5.41) is 11.0. The number of benzene rings is 1. The van der Waals surface area contributed by atoms with Crippen LogP contribution in [0.5, 0.6) is 0 Å². The van der Waals surface area contributed by atoms with Crippen LogP contribution in [0.3, 0.4) is 0 Å². The van der Waals surface area contributed by atoms with Crippen molar-refractivity contribution in [3.63, 3.8) is 0 Å². The summed E-state index contributed by atoms with van der Waals surface area (Å²) in [6, 6.07) is 13.4. The molecular weight excluding hydrogens is 342 g/mol. The van der Waals surface area contributed by atoms with Gasteiger partial charge >= 0.3 is 0 Å². The number of amides is 1. The zero-order valence-corrected chi connectivity index (χ0v) is 14.8. The topological polar surface area (TPSA) is 95.8 Å². The Morgan fingerprint density at radius 2 is 2.11 bits per heavy atom. The Morgan fingerprint density at radius 3 is 2.89 bits per heavy atom. The van der Waals surface area contributed by atoms with Gasteiger partial charge in [0.15, 0.2) is 5.82 Å². The molecule has 0 spiro atoms. The molecule has 7 heteroatoms. The van der Waals surface area contributed by atoms with Crippen molar-refractivity contribution >= 4 is 28.3 Å². The van der Waals surface area contributed by atoms with E-state index in [0.29, 0.717) is 18.1 Å². The summed E-state index contributed by atoms with van der Waals surface area (Å²) in [4.78, 5) is 19.7. The molecule has 0 fully saturated rings. The van der Waals surface area contributed by atoms with Crippen LogP contribution < -0.4 is 10.6 Å². The minimum absolute atomic E-state index is 0.196. The highest BCUT2D eigenvalue weighted by molar-refractivity contribution is 5.92. The van der Waals surface area contributed by atoms with Gasteiger partial charge in [-0.1, -0.05) is 23.4 Å². The summed E-state index contributed by atoms with van der Waals surface area (Å²) in [6.07, 6.45) is 4.33. The number of carbonyl (C=O) groups excluding carboxylic acids is 1. The molecule has 0 aliphatic rings. The van der Waals surface area contributed by atoms with Gasteiger partial charge in [-0.2, -0.15) is 0 Å². The Hall–Kier alpha value is -3.61. The van der Waals surface area contributed by atoms with Gasteiger partial charge in [-0.05, 0) is 37.1 Å². The smallest absolute Gasteiger partial charge is 0.269 e. The molecular formula is C20H19N5O2. The van der Waals surface area contributed by atoms with Crippen molar-refractivity contribution in [3.05, 3.63) is 71.9 Å².